The fourth-order valence-electron chi connectivity index (χ4n) is 2.25. The van der Waals surface area contributed by atoms with E-state index in [4.69, 9.17) is 0 Å². The van der Waals surface area contributed by atoms with Gasteiger partial charge in [-0.1, -0.05) is 46.3 Å². The van der Waals surface area contributed by atoms with Gasteiger partial charge in [0.2, 0.25) is 0 Å². The third kappa shape index (κ3) is 2.45. The minimum absolute atomic E-state index is 0.244. The van der Waals surface area contributed by atoms with Crippen LogP contribution in [0, 0.1) is 11.3 Å². The highest BCUT2D eigenvalue weighted by atomic mass is 79.9. The maximum Gasteiger partial charge on any atom is 0.144 e. The summed E-state index contributed by atoms with van der Waals surface area (Å²) in [5, 5.41) is 15.8. The first-order valence-corrected chi connectivity index (χ1v) is 7.14. The molecule has 3 rings (SSSR count). The Kier molecular flexibility index (Phi) is 3.53. The molecule has 3 nitrogen and oxygen atoms in total. The number of anilines is 1. The molecule has 0 saturated heterocycles. The Balaban J connectivity index is 1.95. The zero-order chi connectivity index (χ0) is 13.9. The van der Waals surface area contributed by atoms with Crippen molar-refractivity contribution >= 4 is 27.3 Å². The Morgan fingerprint density at radius 2 is 1.80 bits per heavy atom. The zero-order valence-corrected chi connectivity index (χ0v) is 12.3. The lowest BCUT2D eigenvalue weighted by Crippen LogP contribution is -2.24. The smallest absolute Gasteiger partial charge is 0.144 e. The van der Waals surface area contributed by atoms with E-state index in [0.717, 1.165) is 21.4 Å². The average molecular weight is 326 g/mol. The Labute approximate surface area is 126 Å². The Morgan fingerprint density at radius 1 is 1.10 bits per heavy atom. The van der Waals surface area contributed by atoms with E-state index in [9.17, 15) is 5.26 Å². The highest BCUT2D eigenvalue weighted by molar-refractivity contribution is 9.10. The van der Waals surface area contributed by atoms with Crippen molar-refractivity contribution in [3.05, 3.63) is 64.6 Å². The molecule has 20 heavy (non-hydrogen) atoms. The van der Waals surface area contributed by atoms with Crippen molar-refractivity contribution in [1.82, 2.24) is 0 Å². The molecule has 2 aromatic carbocycles. The van der Waals surface area contributed by atoms with Crippen LogP contribution in [0.5, 0.6) is 0 Å². The highest BCUT2D eigenvalue weighted by Gasteiger charge is 2.28. The number of nitriles is 1. The summed E-state index contributed by atoms with van der Waals surface area (Å²) < 4.78 is 1.02. The molecule has 1 atom stereocenters. The molecule has 0 radical (unpaired) electrons. The zero-order valence-electron chi connectivity index (χ0n) is 10.7. The van der Waals surface area contributed by atoms with Gasteiger partial charge in [-0.3, -0.25) is 0 Å². The van der Waals surface area contributed by atoms with Crippen molar-refractivity contribution in [3.63, 3.8) is 0 Å². The van der Waals surface area contributed by atoms with E-state index in [1.54, 1.807) is 5.01 Å². The molecule has 0 unspecified atom stereocenters. The summed E-state index contributed by atoms with van der Waals surface area (Å²) >= 11 is 3.42. The summed E-state index contributed by atoms with van der Waals surface area (Å²) in [6, 6.07) is 19.9. The monoisotopic (exact) mass is 325 g/mol. The molecule has 0 aromatic heterocycles. The summed E-state index contributed by atoms with van der Waals surface area (Å²) in [7, 11) is 0. The normalized spacial score (nSPS) is 17.7. The lowest BCUT2D eigenvalue weighted by atomic mass is 10.0. The molecular formula is C16H12BrN3. The van der Waals surface area contributed by atoms with Crippen LogP contribution in [0.25, 0.3) is 0 Å². The first-order valence-electron chi connectivity index (χ1n) is 6.35. The van der Waals surface area contributed by atoms with Crippen LogP contribution in [0.1, 0.15) is 12.0 Å². The van der Waals surface area contributed by atoms with Gasteiger partial charge in [-0.2, -0.15) is 10.4 Å². The lowest BCUT2D eigenvalue weighted by Gasteiger charge is -2.17. The first-order chi connectivity index (χ1) is 9.78. The van der Waals surface area contributed by atoms with Crippen molar-refractivity contribution in [3.8, 4) is 6.07 Å². The molecule has 0 spiro atoms. The van der Waals surface area contributed by atoms with Crippen LogP contribution in [0.15, 0.2) is 64.2 Å². The van der Waals surface area contributed by atoms with Gasteiger partial charge in [0.15, 0.2) is 0 Å². The van der Waals surface area contributed by atoms with Crippen LogP contribution < -0.4 is 5.01 Å². The van der Waals surface area contributed by atoms with Crippen molar-refractivity contribution in [2.75, 3.05) is 5.01 Å². The molecule has 0 amide bonds. The van der Waals surface area contributed by atoms with E-state index in [-0.39, 0.29) is 6.04 Å². The van der Waals surface area contributed by atoms with E-state index in [0.29, 0.717) is 6.42 Å². The van der Waals surface area contributed by atoms with E-state index >= 15 is 0 Å². The molecule has 0 bridgehead atoms. The SMILES string of the molecule is N#C[C@@H]1CC(c2ccccc2)=NN1c1ccc(Br)cc1. The molecule has 98 valence electrons. The fraction of sp³-hybridized carbons (Fsp3) is 0.125. The Bertz CT molecular complexity index is 671. The van der Waals surface area contributed by atoms with Gasteiger partial charge in [-0.25, -0.2) is 5.01 Å². The predicted octanol–water partition coefficient (Wildman–Crippen LogP) is 3.96. The number of halogens is 1. The minimum atomic E-state index is -0.244. The fourth-order valence-corrected chi connectivity index (χ4v) is 2.51. The predicted molar refractivity (Wildman–Crippen MR) is 83.6 cm³/mol. The molecular weight excluding hydrogens is 314 g/mol. The summed E-state index contributed by atoms with van der Waals surface area (Å²) in [5.74, 6) is 0. The Hall–Kier alpha value is -2.12. The van der Waals surface area contributed by atoms with E-state index in [1.165, 1.54) is 0 Å². The summed E-state index contributed by atoms with van der Waals surface area (Å²) in [6.07, 6.45) is 0.649. The number of hydrogen-bond donors (Lipinski definition) is 0. The number of hydrazone groups is 1. The third-order valence-corrected chi connectivity index (χ3v) is 3.79. The molecule has 0 saturated carbocycles. The number of hydrogen-bond acceptors (Lipinski definition) is 3. The Morgan fingerprint density at radius 3 is 2.45 bits per heavy atom. The average Bonchev–Trinajstić information content (AvgIpc) is 2.93. The van der Waals surface area contributed by atoms with Gasteiger partial charge in [-0.05, 0) is 29.8 Å². The molecule has 0 fully saturated rings. The van der Waals surface area contributed by atoms with Gasteiger partial charge in [0.05, 0.1) is 17.5 Å². The first kappa shape index (κ1) is 12.9. The molecule has 0 aliphatic carbocycles. The summed E-state index contributed by atoms with van der Waals surface area (Å²) in [6.45, 7) is 0. The molecule has 1 aliphatic heterocycles. The van der Waals surface area contributed by atoms with Gasteiger partial charge in [0, 0.05) is 10.9 Å². The van der Waals surface area contributed by atoms with Crippen LogP contribution >= 0.6 is 15.9 Å². The number of nitrogens with zero attached hydrogens (tertiary/aromatic N) is 3. The summed E-state index contributed by atoms with van der Waals surface area (Å²) in [5.41, 5.74) is 2.97. The minimum Gasteiger partial charge on any atom is -0.248 e. The van der Waals surface area contributed by atoms with E-state index in [1.807, 2.05) is 54.6 Å². The van der Waals surface area contributed by atoms with Crippen molar-refractivity contribution in [1.29, 1.82) is 5.26 Å². The molecule has 4 heteroatoms. The highest BCUT2D eigenvalue weighted by Crippen LogP contribution is 2.27. The second-order valence-electron chi connectivity index (χ2n) is 4.58. The largest absolute Gasteiger partial charge is 0.248 e. The topological polar surface area (TPSA) is 39.4 Å². The third-order valence-electron chi connectivity index (χ3n) is 3.26. The van der Waals surface area contributed by atoms with Gasteiger partial charge in [-0.15, -0.1) is 0 Å². The second kappa shape index (κ2) is 5.48. The maximum absolute atomic E-state index is 9.34. The van der Waals surface area contributed by atoms with Crippen LogP contribution in [-0.2, 0) is 0 Å². The molecule has 0 N–H and O–H groups in total. The lowest BCUT2D eigenvalue weighted by molar-refractivity contribution is 0.799. The number of benzene rings is 2. The van der Waals surface area contributed by atoms with Crippen LogP contribution in [0.3, 0.4) is 0 Å². The molecule has 2 aromatic rings. The van der Waals surface area contributed by atoms with Gasteiger partial charge in [0.25, 0.3) is 0 Å². The molecule has 1 heterocycles. The van der Waals surface area contributed by atoms with Crippen molar-refractivity contribution in [2.45, 2.75) is 12.5 Å². The van der Waals surface area contributed by atoms with Crippen LogP contribution in [-0.4, -0.2) is 11.8 Å². The van der Waals surface area contributed by atoms with E-state index < -0.39 is 0 Å². The van der Waals surface area contributed by atoms with Crippen LogP contribution in [0.4, 0.5) is 5.69 Å². The van der Waals surface area contributed by atoms with E-state index in [2.05, 4.69) is 27.1 Å². The van der Waals surface area contributed by atoms with Gasteiger partial charge in [0.1, 0.15) is 6.04 Å². The van der Waals surface area contributed by atoms with Gasteiger partial charge >= 0.3 is 0 Å². The maximum atomic E-state index is 9.34. The second-order valence-corrected chi connectivity index (χ2v) is 5.50. The van der Waals surface area contributed by atoms with Crippen molar-refractivity contribution in [2.24, 2.45) is 5.10 Å². The van der Waals surface area contributed by atoms with Gasteiger partial charge < -0.3 is 0 Å². The van der Waals surface area contributed by atoms with Crippen LogP contribution in [0.2, 0.25) is 0 Å². The standard InChI is InChI=1S/C16H12BrN3/c17-13-6-8-14(9-7-13)20-15(11-18)10-16(19-20)12-4-2-1-3-5-12/h1-9,15H,10H2/t15-/m0/s1. The summed E-state index contributed by atoms with van der Waals surface area (Å²) in [4.78, 5) is 0. The van der Waals surface area contributed by atoms with Crippen molar-refractivity contribution < 1.29 is 0 Å². The quantitative estimate of drug-likeness (QED) is 0.838. The molecule has 1 aliphatic rings. The number of rotatable bonds is 2.